The highest BCUT2D eigenvalue weighted by molar-refractivity contribution is 5.17. The van der Waals surface area contributed by atoms with E-state index in [-0.39, 0.29) is 12.5 Å². The molecule has 0 aliphatic heterocycles. The van der Waals surface area contributed by atoms with Gasteiger partial charge in [0, 0.05) is 12.5 Å². The molecule has 66 valence electrons. The zero-order chi connectivity index (χ0) is 8.97. The van der Waals surface area contributed by atoms with E-state index < -0.39 is 6.10 Å². The Morgan fingerprint density at radius 3 is 2.33 bits per heavy atom. The van der Waals surface area contributed by atoms with E-state index in [4.69, 9.17) is 5.11 Å². The molecule has 0 amide bonds. The van der Waals surface area contributed by atoms with Crippen LogP contribution in [-0.2, 0) is 0 Å². The van der Waals surface area contributed by atoms with Crippen LogP contribution in [0.1, 0.15) is 18.6 Å². The van der Waals surface area contributed by atoms with Gasteiger partial charge in [0.25, 0.3) is 0 Å². The van der Waals surface area contributed by atoms with Crippen LogP contribution in [0.15, 0.2) is 30.3 Å². The molecule has 0 fully saturated rings. The number of hydrogen-bond donors (Lipinski definition) is 2. The molecule has 2 N–H and O–H groups in total. The number of aliphatic hydroxyl groups is 2. The summed E-state index contributed by atoms with van der Waals surface area (Å²) in [5, 5.41) is 18.4. The van der Waals surface area contributed by atoms with Gasteiger partial charge in [-0.1, -0.05) is 37.3 Å². The minimum Gasteiger partial charge on any atom is -0.396 e. The Balaban J connectivity index is 2.71. The molecule has 2 nitrogen and oxygen atoms in total. The first-order valence-corrected chi connectivity index (χ1v) is 4.09. The van der Waals surface area contributed by atoms with Gasteiger partial charge in [0.15, 0.2) is 0 Å². The fourth-order valence-corrected chi connectivity index (χ4v) is 1.08. The maximum absolute atomic E-state index is 9.63. The van der Waals surface area contributed by atoms with Crippen molar-refractivity contribution in [2.24, 2.45) is 5.92 Å². The second-order valence-electron chi connectivity index (χ2n) is 3.02. The van der Waals surface area contributed by atoms with Crippen molar-refractivity contribution in [1.82, 2.24) is 0 Å². The minimum absolute atomic E-state index is 0.00998. The molecule has 0 aromatic heterocycles. The molecule has 1 aromatic carbocycles. The standard InChI is InChI=1S/C10H14O2/c1-8(7-11)10(12)9-5-3-2-4-6-9/h2-6,8,10-12H,7H2,1H3. The van der Waals surface area contributed by atoms with Gasteiger partial charge in [-0.25, -0.2) is 0 Å². The molecule has 0 bridgehead atoms. The van der Waals surface area contributed by atoms with E-state index in [1.54, 1.807) is 0 Å². The number of rotatable bonds is 3. The first kappa shape index (κ1) is 9.23. The molecule has 0 heterocycles. The molecule has 1 rings (SSSR count). The van der Waals surface area contributed by atoms with Gasteiger partial charge >= 0.3 is 0 Å². The summed E-state index contributed by atoms with van der Waals surface area (Å²) >= 11 is 0. The fraction of sp³-hybridized carbons (Fsp3) is 0.400. The van der Waals surface area contributed by atoms with E-state index in [0.717, 1.165) is 5.56 Å². The number of benzene rings is 1. The molecule has 1 aromatic rings. The lowest BCUT2D eigenvalue weighted by molar-refractivity contribution is 0.0770. The zero-order valence-electron chi connectivity index (χ0n) is 7.14. The molecular weight excluding hydrogens is 152 g/mol. The van der Waals surface area contributed by atoms with Gasteiger partial charge in [0.2, 0.25) is 0 Å². The Kier molecular flexibility index (Phi) is 3.26. The Hall–Kier alpha value is -0.860. The molecule has 0 aliphatic rings. The van der Waals surface area contributed by atoms with E-state index in [0.29, 0.717) is 0 Å². The SMILES string of the molecule is CC(CO)C(O)c1ccccc1. The predicted molar refractivity (Wildman–Crippen MR) is 47.7 cm³/mol. The third-order valence-corrected chi connectivity index (χ3v) is 1.97. The summed E-state index contributed by atoms with van der Waals surface area (Å²) in [6.45, 7) is 1.83. The summed E-state index contributed by atoms with van der Waals surface area (Å²) in [4.78, 5) is 0. The quantitative estimate of drug-likeness (QED) is 0.711. The minimum atomic E-state index is -0.559. The molecule has 0 aliphatic carbocycles. The Morgan fingerprint density at radius 2 is 1.83 bits per heavy atom. The number of hydrogen-bond acceptors (Lipinski definition) is 2. The Bertz CT molecular complexity index is 221. The van der Waals surface area contributed by atoms with Gasteiger partial charge in [-0.2, -0.15) is 0 Å². The second kappa shape index (κ2) is 4.24. The van der Waals surface area contributed by atoms with Gasteiger partial charge in [-0.3, -0.25) is 0 Å². The average Bonchev–Trinajstić information content (AvgIpc) is 2.17. The van der Waals surface area contributed by atoms with Crippen molar-refractivity contribution < 1.29 is 10.2 Å². The van der Waals surface area contributed by atoms with Crippen LogP contribution in [-0.4, -0.2) is 16.8 Å². The van der Waals surface area contributed by atoms with Crippen LogP contribution in [0, 0.1) is 5.92 Å². The van der Waals surface area contributed by atoms with Gasteiger partial charge in [0.05, 0.1) is 6.10 Å². The molecule has 2 heteroatoms. The molecule has 12 heavy (non-hydrogen) atoms. The monoisotopic (exact) mass is 166 g/mol. The van der Waals surface area contributed by atoms with E-state index in [9.17, 15) is 5.11 Å². The van der Waals surface area contributed by atoms with Gasteiger partial charge in [-0.05, 0) is 5.56 Å². The molecular formula is C10H14O2. The second-order valence-corrected chi connectivity index (χ2v) is 3.02. The number of aliphatic hydroxyl groups excluding tert-OH is 2. The normalized spacial score (nSPS) is 15.6. The molecule has 0 spiro atoms. The van der Waals surface area contributed by atoms with Crippen molar-refractivity contribution in [3.8, 4) is 0 Å². The van der Waals surface area contributed by atoms with E-state index in [1.807, 2.05) is 37.3 Å². The van der Waals surface area contributed by atoms with Crippen LogP contribution in [0.25, 0.3) is 0 Å². The highest BCUT2D eigenvalue weighted by atomic mass is 16.3. The van der Waals surface area contributed by atoms with Crippen LogP contribution in [0.3, 0.4) is 0 Å². The van der Waals surface area contributed by atoms with E-state index in [2.05, 4.69) is 0 Å². The predicted octanol–water partition coefficient (Wildman–Crippen LogP) is 1.35. The van der Waals surface area contributed by atoms with E-state index >= 15 is 0 Å². The largest absolute Gasteiger partial charge is 0.396 e. The molecule has 2 atom stereocenters. The van der Waals surface area contributed by atoms with E-state index in [1.165, 1.54) is 0 Å². The summed E-state index contributed by atoms with van der Waals surface area (Å²) in [6, 6.07) is 9.37. The zero-order valence-corrected chi connectivity index (χ0v) is 7.14. The first-order valence-electron chi connectivity index (χ1n) is 4.09. The molecule has 2 unspecified atom stereocenters. The maximum Gasteiger partial charge on any atom is 0.0837 e. The van der Waals surface area contributed by atoms with Crippen molar-refractivity contribution in [1.29, 1.82) is 0 Å². The highest BCUT2D eigenvalue weighted by Gasteiger charge is 2.14. The topological polar surface area (TPSA) is 40.5 Å². The average molecular weight is 166 g/mol. The Morgan fingerprint density at radius 1 is 1.25 bits per heavy atom. The lowest BCUT2D eigenvalue weighted by Crippen LogP contribution is -2.12. The Labute approximate surface area is 72.5 Å². The molecule has 0 radical (unpaired) electrons. The third kappa shape index (κ3) is 2.06. The van der Waals surface area contributed by atoms with Crippen LogP contribution >= 0.6 is 0 Å². The summed E-state index contributed by atoms with van der Waals surface area (Å²) in [5.41, 5.74) is 0.860. The van der Waals surface area contributed by atoms with Crippen molar-refractivity contribution in [2.45, 2.75) is 13.0 Å². The summed E-state index contributed by atoms with van der Waals surface area (Å²) in [5.74, 6) is -0.104. The summed E-state index contributed by atoms with van der Waals surface area (Å²) in [7, 11) is 0. The lowest BCUT2D eigenvalue weighted by Gasteiger charge is -2.16. The van der Waals surface area contributed by atoms with Gasteiger partial charge in [0.1, 0.15) is 0 Å². The van der Waals surface area contributed by atoms with Crippen LogP contribution in [0.4, 0.5) is 0 Å². The fourth-order valence-electron chi connectivity index (χ4n) is 1.08. The van der Waals surface area contributed by atoms with Crippen molar-refractivity contribution in [2.75, 3.05) is 6.61 Å². The smallest absolute Gasteiger partial charge is 0.0837 e. The van der Waals surface area contributed by atoms with Crippen molar-refractivity contribution >= 4 is 0 Å². The summed E-state index contributed by atoms with van der Waals surface area (Å²) in [6.07, 6.45) is -0.559. The summed E-state index contributed by atoms with van der Waals surface area (Å²) < 4.78 is 0. The van der Waals surface area contributed by atoms with Crippen LogP contribution in [0.5, 0.6) is 0 Å². The molecule has 0 saturated heterocycles. The maximum atomic E-state index is 9.63. The van der Waals surface area contributed by atoms with Gasteiger partial charge in [-0.15, -0.1) is 0 Å². The van der Waals surface area contributed by atoms with Crippen LogP contribution in [0.2, 0.25) is 0 Å². The van der Waals surface area contributed by atoms with Gasteiger partial charge < -0.3 is 10.2 Å². The van der Waals surface area contributed by atoms with Crippen LogP contribution < -0.4 is 0 Å². The first-order chi connectivity index (χ1) is 5.75. The van der Waals surface area contributed by atoms with Crippen molar-refractivity contribution in [3.05, 3.63) is 35.9 Å². The lowest BCUT2D eigenvalue weighted by atomic mass is 9.98. The highest BCUT2D eigenvalue weighted by Crippen LogP contribution is 2.20. The van der Waals surface area contributed by atoms with Crippen molar-refractivity contribution in [3.63, 3.8) is 0 Å². The third-order valence-electron chi connectivity index (χ3n) is 1.97. The molecule has 0 saturated carbocycles.